The van der Waals surface area contributed by atoms with E-state index in [-0.39, 0.29) is 11.9 Å². The zero-order chi connectivity index (χ0) is 14.5. The highest BCUT2D eigenvalue weighted by molar-refractivity contribution is 5.94. The number of ether oxygens (including phenoxy) is 1. The van der Waals surface area contributed by atoms with Crippen LogP contribution in [0.15, 0.2) is 12.3 Å². The maximum absolute atomic E-state index is 12.0. The second kappa shape index (κ2) is 7.02. The van der Waals surface area contributed by atoms with Crippen LogP contribution in [-0.2, 0) is 16.1 Å². The molecule has 1 unspecified atom stereocenters. The van der Waals surface area contributed by atoms with Crippen molar-refractivity contribution in [2.75, 3.05) is 44.7 Å². The lowest BCUT2D eigenvalue weighted by Crippen LogP contribution is -2.38. The summed E-state index contributed by atoms with van der Waals surface area (Å²) in [5, 5.41) is 10.5. The summed E-state index contributed by atoms with van der Waals surface area (Å²) < 4.78 is 7.21. The number of amides is 1. The number of nitrogens with one attached hydrogen (secondary N) is 2. The molecular formula is C14H23N5O2. The van der Waals surface area contributed by atoms with E-state index in [4.69, 9.17) is 4.74 Å². The molecule has 116 valence electrons. The van der Waals surface area contributed by atoms with Gasteiger partial charge in [0.05, 0.1) is 25.8 Å². The minimum absolute atomic E-state index is 0.0194. The van der Waals surface area contributed by atoms with Crippen molar-refractivity contribution in [2.24, 2.45) is 0 Å². The quantitative estimate of drug-likeness (QED) is 0.794. The van der Waals surface area contributed by atoms with Crippen LogP contribution in [0.2, 0.25) is 0 Å². The highest BCUT2D eigenvalue weighted by Gasteiger charge is 2.22. The first kappa shape index (κ1) is 14.5. The number of carbonyl (C=O) groups is 1. The number of carbonyl (C=O) groups excluding carboxylic acids is 1. The largest absolute Gasteiger partial charge is 0.379 e. The second-order valence-corrected chi connectivity index (χ2v) is 5.56. The Labute approximate surface area is 124 Å². The van der Waals surface area contributed by atoms with Gasteiger partial charge in [0, 0.05) is 31.9 Å². The molecule has 0 saturated carbocycles. The molecule has 1 aromatic heterocycles. The molecule has 2 aliphatic heterocycles. The average molecular weight is 293 g/mol. The van der Waals surface area contributed by atoms with Crippen molar-refractivity contribution in [3.63, 3.8) is 0 Å². The van der Waals surface area contributed by atoms with Crippen LogP contribution in [-0.4, -0.2) is 66.0 Å². The van der Waals surface area contributed by atoms with Gasteiger partial charge in [-0.2, -0.15) is 5.10 Å². The normalized spacial score (nSPS) is 23.3. The minimum Gasteiger partial charge on any atom is -0.379 e. The van der Waals surface area contributed by atoms with Gasteiger partial charge in [-0.25, -0.2) is 0 Å². The highest BCUT2D eigenvalue weighted by atomic mass is 16.5. The third-order valence-electron chi connectivity index (χ3n) is 4.02. The van der Waals surface area contributed by atoms with Crippen LogP contribution in [0.3, 0.4) is 0 Å². The van der Waals surface area contributed by atoms with Crippen molar-refractivity contribution in [3.8, 4) is 0 Å². The zero-order valence-corrected chi connectivity index (χ0v) is 12.3. The summed E-state index contributed by atoms with van der Waals surface area (Å²) in [7, 11) is 0. The molecule has 0 radical (unpaired) electrons. The maximum Gasteiger partial charge on any atom is 0.242 e. The Morgan fingerprint density at radius 1 is 1.43 bits per heavy atom. The van der Waals surface area contributed by atoms with E-state index in [1.165, 1.54) is 0 Å². The number of hydrogen-bond donors (Lipinski definition) is 2. The molecule has 1 aromatic rings. The van der Waals surface area contributed by atoms with E-state index >= 15 is 0 Å². The van der Waals surface area contributed by atoms with Gasteiger partial charge in [0.2, 0.25) is 5.91 Å². The molecule has 21 heavy (non-hydrogen) atoms. The second-order valence-electron chi connectivity index (χ2n) is 5.56. The monoisotopic (exact) mass is 293 g/mol. The number of morpholine rings is 1. The highest BCUT2D eigenvalue weighted by Crippen LogP contribution is 2.09. The number of hydrogen-bond acceptors (Lipinski definition) is 5. The first-order valence-electron chi connectivity index (χ1n) is 7.69. The fourth-order valence-corrected chi connectivity index (χ4v) is 2.74. The summed E-state index contributed by atoms with van der Waals surface area (Å²) in [5.41, 5.74) is 0. The third kappa shape index (κ3) is 4.03. The lowest BCUT2D eigenvalue weighted by atomic mass is 10.2. The molecule has 2 N–H and O–H groups in total. The van der Waals surface area contributed by atoms with Gasteiger partial charge < -0.3 is 15.4 Å². The molecule has 2 aliphatic rings. The van der Waals surface area contributed by atoms with E-state index in [9.17, 15) is 4.79 Å². The SMILES string of the molecule is O=C(Nc1ccn(CCN2CCOCC2)n1)C1CCCN1. The van der Waals surface area contributed by atoms with Gasteiger partial charge in [-0.15, -0.1) is 0 Å². The Bertz CT molecular complexity index is 464. The average Bonchev–Trinajstić information content (AvgIpc) is 3.18. The molecule has 7 heteroatoms. The van der Waals surface area contributed by atoms with Crippen molar-refractivity contribution in [2.45, 2.75) is 25.4 Å². The summed E-state index contributed by atoms with van der Waals surface area (Å²) in [4.78, 5) is 14.4. The lowest BCUT2D eigenvalue weighted by molar-refractivity contribution is -0.117. The summed E-state index contributed by atoms with van der Waals surface area (Å²) >= 11 is 0. The molecule has 0 aliphatic carbocycles. The number of aromatic nitrogens is 2. The van der Waals surface area contributed by atoms with Crippen LogP contribution < -0.4 is 10.6 Å². The molecule has 7 nitrogen and oxygen atoms in total. The molecule has 3 rings (SSSR count). The van der Waals surface area contributed by atoms with Crippen molar-refractivity contribution in [3.05, 3.63) is 12.3 Å². The van der Waals surface area contributed by atoms with Gasteiger partial charge in [0.15, 0.2) is 5.82 Å². The third-order valence-corrected chi connectivity index (χ3v) is 4.02. The van der Waals surface area contributed by atoms with Gasteiger partial charge >= 0.3 is 0 Å². The van der Waals surface area contributed by atoms with Gasteiger partial charge in [-0.05, 0) is 19.4 Å². The fourth-order valence-electron chi connectivity index (χ4n) is 2.74. The molecule has 1 amide bonds. The van der Waals surface area contributed by atoms with Crippen LogP contribution in [0.25, 0.3) is 0 Å². The number of nitrogens with zero attached hydrogens (tertiary/aromatic N) is 3. The lowest BCUT2D eigenvalue weighted by Gasteiger charge is -2.26. The fraction of sp³-hybridized carbons (Fsp3) is 0.714. The Hall–Kier alpha value is -1.44. The molecule has 3 heterocycles. The van der Waals surface area contributed by atoms with Gasteiger partial charge in [0.25, 0.3) is 0 Å². The summed E-state index contributed by atoms with van der Waals surface area (Å²) in [6, 6.07) is 1.79. The Kier molecular flexibility index (Phi) is 4.84. The first-order valence-corrected chi connectivity index (χ1v) is 7.69. The molecule has 2 saturated heterocycles. The van der Waals surface area contributed by atoms with Crippen LogP contribution in [0.5, 0.6) is 0 Å². The molecule has 0 aromatic carbocycles. The van der Waals surface area contributed by atoms with Crippen molar-refractivity contribution < 1.29 is 9.53 Å². The van der Waals surface area contributed by atoms with Crippen molar-refractivity contribution >= 4 is 11.7 Å². The number of rotatable bonds is 5. The van der Waals surface area contributed by atoms with E-state index in [0.717, 1.165) is 58.8 Å². The molecular weight excluding hydrogens is 270 g/mol. The summed E-state index contributed by atoms with van der Waals surface area (Å²) in [6.07, 6.45) is 3.88. The number of anilines is 1. The van der Waals surface area contributed by atoms with Gasteiger partial charge in [-0.3, -0.25) is 14.4 Å². The topological polar surface area (TPSA) is 71.4 Å². The van der Waals surface area contributed by atoms with E-state index in [2.05, 4.69) is 20.6 Å². The van der Waals surface area contributed by atoms with Crippen LogP contribution >= 0.6 is 0 Å². The molecule has 1 atom stereocenters. The van der Waals surface area contributed by atoms with E-state index < -0.39 is 0 Å². The van der Waals surface area contributed by atoms with E-state index in [1.54, 1.807) is 0 Å². The molecule has 0 bridgehead atoms. The molecule has 2 fully saturated rings. The summed E-state index contributed by atoms with van der Waals surface area (Å²) in [6.45, 7) is 6.31. The zero-order valence-electron chi connectivity index (χ0n) is 12.3. The van der Waals surface area contributed by atoms with Crippen molar-refractivity contribution in [1.29, 1.82) is 0 Å². The van der Waals surface area contributed by atoms with Crippen LogP contribution in [0, 0.1) is 0 Å². The maximum atomic E-state index is 12.0. The van der Waals surface area contributed by atoms with E-state index in [0.29, 0.717) is 5.82 Å². The predicted octanol–water partition coefficient (Wildman–Crippen LogP) is -0.0942. The van der Waals surface area contributed by atoms with Gasteiger partial charge in [-0.1, -0.05) is 0 Å². The Balaban J connectivity index is 1.45. The Morgan fingerprint density at radius 3 is 3.05 bits per heavy atom. The van der Waals surface area contributed by atoms with Crippen molar-refractivity contribution in [1.82, 2.24) is 20.0 Å². The van der Waals surface area contributed by atoms with E-state index in [1.807, 2.05) is 16.9 Å². The minimum atomic E-state index is -0.0662. The predicted molar refractivity (Wildman–Crippen MR) is 79.1 cm³/mol. The van der Waals surface area contributed by atoms with Crippen LogP contribution in [0.4, 0.5) is 5.82 Å². The first-order chi connectivity index (χ1) is 10.3. The Morgan fingerprint density at radius 2 is 2.29 bits per heavy atom. The standard InChI is InChI=1S/C14H23N5O2/c20-14(12-2-1-4-15-12)16-13-3-5-19(17-13)7-6-18-8-10-21-11-9-18/h3,5,12,15H,1-2,4,6-11H2,(H,16,17,20). The summed E-state index contributed by atoms with van der Waals surface area (Å²) in [5.74, 6) is 0.654. The smallest absolute Gasteiger partial charge is 0.242 e. The van der Waals surface area contributed by atoms with Gasteiger partial charge in [0.1, 0.15) is 0 Å². The molecule has 0 spiro atoms. The van der Waals surface area contributed by atoms with Crippen LogP contribution in [0.1, 0.15) is 12.8 Å².